The normalized spacial score (nSPS) is 10.1. The van der Waals surface area contributed by atoms with Gasteiger partial charge >= 0.3 is 0 Å². The molecule has 0 aliphatic heterocycles. The van der Waals surface area contributed by atoms with E-state index in [2.05, 4.69) is 4.98 Å². The number of benzene rings is 1. The van der Waals surface area contributed by atoms with Crippen LogP contribution < -0.4 is 16.2 Å². The Morgan fingerprint density at radius 2 is 2.11 bits per heavy atom. The van der Waals surface area contributed by atoms with E-state index in [1.807, 2.05) is 0 Å². The minimum absolute atomic E-state index is 0.170. The third-order valence-electron chi connectivity index (χ3n) is 2.22. The Hall–Kier alpha value is -2.63. The molecule has 0 radical (unpaired) electrons. The molecule has 0 fully saturated rings. The Kier molecular flexibility index (Phi) is 3.09. The van der Waals surface area contributed by atoms with Crippen LogP contribution in [0.1, 0.15) is 10.4 Å². The molecule has 5 nitrogen and oxygen atoms in total. The number of hydrogen-bond acceptors (Lipinski definition) is 4. The van der Waals surface area contributed by atoms with Gasteiger partial charge in [0.2, 0.25) is 5.88 Å². The highest BCUT2D eigenvalue weighted by Gasteiger charge is 2.10. The van der Waals surface area contributed by atoms with Crippen LogP contribution in [0, 0.1) is 5.82 Å². The fourth-order valence-electron chi connectivity index (χ4n) is 1.36. The van der Waals surface area contributed by atoms with Crippen molar-refractivity contribution in [2.75, 3.05) is 5.73 Å². The maximum absolute atomic E-state index is 13.5. The van der Waals surface area contributed by atoms with E-state index >= 15 is 0 Å². The number of nitrogen functional groups attached to an aromatic ring is 1. The number of nitrogens with zero attached hydrogens (tertiary/aromatic N) is 1. The maximum Gasteiger partial charge on any atom is 0.251 e. The number of ether oxygens (including phenoxy) is 1. The topological polar surface area (TPSA) is 91.2 Å². The molecule has 0 saturated carbocycles. The molecule has 0 spiro atoms. The van der Waals surface area contributed by atoms with Crippen LogP contribution in [-0.4, -0.2) is 10.9 Å². The Morgan fingerprint density at radius 1 is 1.33 bits per heavy atom. The molecule has 0 unspecified atom stereocenters. The summed E-state index contributed by atoms with van der Waals surface area (Å²) in [5.41, 5.74) is 10.8. The number of carbonyl (C=O) groups excluding carboxylic acids is 1. The number of pyridine rings is 1. The number of aromatic nitrogens is 1. The second-order valence-electron chi connectivity index (χ2n) is 3.51. The molecule has 1 aromatic heterocycles. The quantitative estimate of drug-likeness (QED) is 0.863. The highest BCUT2D eigenvalue weighted by Crippen LogP contribution is 2.25. The predicted octanol–water partition coefficient (Wildman–Crippen LogP) is 1.69. The summed E-state index contributed by atoms with van der Waals surface area (Å²) in [6.07, 6.45) is 1.50. The molecule has 0 bridgehead atoms. The fraction of sp³-hybridized carbons (Fsp3) is 0. The molecule has 1 amide bonds. The molecule has 4 N–H and O–H groups in total. The van der Waals surface area contributed by atoms with Gasteiger partial charge in [0.1, 0.15) is 11.6 Å². The van der Waals surface area contributed by atoms with Crippen LogP contribution in [-0.2, 0) is 0 Å². The summed E-state index contributed by atoms with van der Waals surface area (Å²) in [7, 11) is 0. The van der Waals surface area contributed by atoms with Crippen molar-refractivity contribution in [2.24, 2.45) is 5.73 Å². The summed E-state index contributed by atoms with van der Waals surface area (Å²) >= 11 is 0. The van der Waals surface area contributed by atoms with Crippen molar-refractivity contribution in [2.45, 2.75) is 0 Å². The van der Waals surface area contributed by atoms with Crippen molar-refractivity contribution in [3.05, 3.63) is 47.9 Å². The number of primary amides is 1. The van der Waals surface area contributed by atoms with E-state index in [0.29, 0.717) is 5.69 Å². The van der Waals surface area contributed by atoms with Gasteiger partial charge in [0.25, 0.3) is 5.91 Å². The lowest BCUT2D eigenvalue weighted by Crippen LogP contribution is -2.12. The largest absolute Gasteiger partial charge is 0.437 e. The number of halogens is 1. The second kappa shape index (κ2) is 4.70. The summed E-state index contributed by atoms with van der Waals surface area (Å²) in [4.78, 5) is 14.8. The summed E-state index contributed by atoms with van der Waals surface area (Å²) in [5, 5.41) is 0. The minimum atomic E-state index is -0.837. The fourth-order valence-corrected chi connectivity index (χ4v) is 1.36. The van der Waals surface area contributed by atoms with Crippen molar-refractivity contribution in [1.82, 2.24) is 4.98 Å². The van der Waals surface area contributed by atoms with Crippen LogP contribution in [0.4, 0.5) is 10.1 Å². The molecule has 92 valence electrons. The standard InChI is InChI=1S/C12H10FN3O2/c13-9-6-7(3-4-8(9)11(15)17)18-12-10(14)2-1-5-16-12/h1-6H,14H2,(H2,15,17). The molecule has 1 heterocycles. The lowest BCUT2D eigenvalue weighted by atomic mass is 10.2. The molecule has 0 aliphatic rings. The summed E-state index contributed by atoms with van der Waals surface area (Å²) in [6, 6.07) is 6.97. The lowest BCUT2D eigenvalue weighted by molar-refractivity contribution is 0.0996. The van der Waals surface area contributed by atoms with Crippen molar-refractivity contribution in [1.29, 1.82) is 0 Å². The lowest BCUT2D eigenvalue weighted by Gasteiger charge is -2.07. The zero-order valence-corrected chi connectivity index (χ0v) is 9.26. The van der Waals surface area contributed by atoms with Crippen LogP contribution in [0.5, 0.6) is 11.6 Å². The smallest absolute Gasteiger partial charge is 0.251 e. The van der Waals surface area contributed by atoms with Gasteiger partial charge in [0.15, 0.2) is 0 Å². The van der Waals surface area contributed by atoms with Crippen molar-refractivity contribution in [3.63, 3.8) is 0 Å². The first kappa shape index (κ1) is 11.8. The van der Waals surface area contributed by atoms with Crippen LogP contribution in [0.15, 0.2) is 36.5 Å². The highest BCUT2D eigenvalue weighted by atomic mass is 19.1. The number of carbonyl (C=O) groups is 1. The summed E-state index contributed by atoms with van der Waals surface area (Å²) in [5.74, 6) is -1.24. The third-order valence-corrected chi connectivity index (χ3v) is 2.22. The first-order valence-electron chi connectivity index (χ1n) is 5.05. The number of rotatable bonds is 3. The van der Waals surface area contributed by atoms with Gasteiger partial charge in [-0.2, -0.15) is 0 Å². The highest BCUT2D eigenvalue weighted by molar-refractivity contribution is 5.93. The molecule has 2 rings (SSSR count). The van der Waals surface area contributed by atoms with Crippen LogP contribution in [0.25, 0.3) is 0 Å². The Bertz CT molecular complexity index is 602. The van der Waals surface area contributed by atoms with E-state index in [4.69, 9.17) is 16.2 Å². The molecule has 1 aromatic carbocycles. The average Bonchev–Trinajstić information content (AvgIpc) is 2.32. The van der Waals surface area contributed by atoms with Gasteiger partial charge in [-0.1, -0.05) is 0 Å². The van der Waals surface area contributed by atoms with E-state index in [0.717, 1.165) is 6.07 Å². The first-order valence-corrected chi connectivity index (χ1v) is 5.05. The number of amides is 1. The molecule has 18 heavy (non-hydrogen) atoms. The zero-order valence-electron chi connectivity index (χ0n) is 9.26. The molecule has 2 aromatic rings. The Balaban J connectivity index is 2.29. The minimum Gasteiger partial charge on any atom is -0.437 e. The van der Waals surface area contributed by atoms with Gasteiger partial charge in [0.05, 0.1) is 11.3 Å². The molecule has 0 saturated heterocycles. The van der Waals surface area contributed by atoms with Gasteiger partial charge in [-0.3, -0.25) is 4.79 Å². The van der Waals surface area contributed by atoms with E-state index in [9.17, 15) is 9.18 Å². The van der Waals surface area contributed by atoms with E-state index in [-0.39, 0.29) is 17.2 Å². The van der Waals surface area contributed by atoms with Gasteiger partial charge in [0, 0.05) is 12.3 Å². The predicted molar refractivity (Wildman–Crippen MR) is 63.6 cm³/mol. The van der Waals surface area contributed by atoms with E-state index in [1.54, 1.807) is 12.1 Å². The zero-order chi connectivity index (χ0) is 13.1. The molecule has 6 heteroatoms. The molecular formula is C12H10FN3O2. The number of hydrogen-bond donors (Lipinski definition) is 2. The number of nitrogens with two attached hydrogens (primary N) is 2. The third kappa shape index (κ3) is 2.37. The van der Waals surface area contributed by atoms with Crippen molar-refractivity contribution in [3.8, 4) is 11.6 Å². The summed E-state index contributed by atoms with van der Waals surface area (Å²) < 4.78 is 18.8. The Labute approximate surface area is 102 Å². The van der Waals surface area contributed by atoms with Gasteiger partial charge in [-0.15, -0.1) is 0 Å². The van der Waals surface area contributed by atoms with E-state index in [1.165, 1.54) is 18.3 Å². The maximum atomic E-state index is 13.5. The molecule has 0 atom stereocenters. The van der Waals surface area contributed by atoms with Crippen LogP contribution >= 0.6 is 0 Å². The van der Waals surface area contributed by atoms with Gasteiger partial charge in [-0.25, -0.2) is 9.37 Å². The van der Waals surface area contributed by atoms with Crippen LogP contribution in [0.2, 0.25) is 0 Å². The van der Waals surface area contributed by atoms with Crippen molar-refractivity contribution >= 4 is 11.6 Å². The monoisotopic (exact) mass is 247 g/mol. The van der Waals surface area contributed by atoms with Gasteiger partial charge in [-0.05, 0) is 24.3 Å². The first-order chi connectivity index (χ1) is 8.58. The number of anilines is 1. The Morgan fingerprint density at radius 3 is 2.72 bits per heavy atom. The van der Waals surface area contributed by atoms with Crippen LogP contribution in [0.3, 0.4) is 0 Å². The summed E-state index contributed by atoms with van der Waals surface area (Å²) in [6.45, 7) is 0. The SMILES string of the molecule is NC(=O)c1ccc(Oc2ncccc2N)cc1F. The average molecular weight is 247 g/mol. The van der Waals surface area contributed by atoms with E-state index < -0.39 is 11.7 Å². The molecular weight excluding hydrogens is 237 g/mol. The van der Waals surface area contributed by atoms with Gasteiger partial charge < -0.3 is 16.2 Å². The second-order valence-corrected chi connectivity index (χ2v) is 3.51. The molecule has 0 aliphatic carbocycles. The van der Waals surface area contributed by atoms with Crippen molar-refractivity contribution < 1.29 is 13.9 Å².